The molecule has 0 N–H and O–H groups in total. The Hall–Kier alpha value is -1.42. The molecule has 1 aliphatic heterocycles. The molecule has 1 aliphatic rings. The molecule has 0 saturated carbocycles. The molecule has 0 aliphatic carbocycles. The number of Topliss-reactive ketones (excluding diaryl/α,β-unsaturated/α-hetero) is 1. The zero-order chi connectivity index (χ0) is 13.0. The fourth-order valence-electron chi connectivity index (χ4n) is 2.09. The van der Waals surface area contributed by atoms with E-state index >= 15 is 0 Å². The summed E-state index contributed by atoms with van der Waals surface area (Å²) in [7, 11) is 0. The maximum Gasteiger partial charge on any atom is 0.146 e. The predicted octanol–water partition coefficient (Wildman–Crippen LogP) is 2.18. The first-order valence-corrected chi connectivity index (χ1v) is 6.27. The van der Waals surface area contributed by atoms with E-state index in [0.717, 1.165) is 18.7 Å². The Labute approximate surface area is 107 Å². The second kappa shape index (κ2) is 5.96. The van der Waals surface area contributed by atoms with E-state index < -0.39 is 0 Å². The zero-order valence-electron chi connectivity index (χ0n) is 10.6. The molecule has 1 saturated heterocycles. The van der Waals surface area contributed by atoms with E-state index in [4.69, 9.17) is 4.74 Å². The van der Waals surface area contributed by atoms with Crippen molar-refractivity contribution in [2.75, 3.05) is 31.2 Å². The van der Waals surface area contributed by atoms with Gasteiger partial charge >= 0.3 is 0 Å². The van der Waals surface area contributed by atoms with Crippen LogP contribution >= 0.6 is 0 Å². The molecule has 2 rings (SSSR count). The van der Waals surface area contributed by atoms with Gasteiger partial charge in [0.15, 0.2) is 0 Å². The molecule has 1 heterocycles. The summed E-state index contributed by atoms with van der Waals surface area (Å²) in [5.41, 5.74) is 1.50. The molecule has 0 radical (unpaired) electrons. The molecule has 18 heavy (non-hydrogen) atoms. The van der Waals surface area contributed by atoms with Gasteiger partial charge in [0, 0.05) is 19.5 Å². The van der Waals surface area contributed by atoms with Gasteiger partial charge < -0.3 is 14.4 Å². The summed E-state index contributed by atoms with van der Waals surface area (Å²) in [5, 5.41) is 0. The van der Waals surface area contributed by atoms with Crippen molar-refractivity contribution < 1.29 is 13.9 Å². The van der Waals surface area contributed by atoms with Crippen molar-refractivity contribution in [3.05, 3.63) is 29.6 Å². The molecule has 98 valence electrons. The van der Waals surface area contributed by atoms with Gasteiger partial charge in [-0.15, -0.1) is 0 Å². The summed E-state index contributed by atoms with van der Waals surface area (Å²) in [6.45, 7) is 4.29. The fraction of sp³-hybridized carbons (Fsp3) is 0.500. The highest BCUT2D eigenvalue weighted by atomic mass is 19.1. The number of hydrogen-bond acceptors (Lipinski definition) is 3. The standard InChI is InChI=1S/C14H18FNO2/c1-11(17)2-3-12-4-5-14(13(15)10-12)16-6-8-18-9-7-16/h4-5,10H,2-3,6-9H2,1H3. The minimum absolute atomic E-state index is 0.132. The van der Waals surface area contributed by atoms with Gasteiger partial charge in [-0.3, -0.25) is 0 Å². The minimum atomic E-state index is -0.210. The third-order valence-electron chi connectivity index (χ3n) is 3.13. The van der Waals surface area contributed by atoms with Gasteiger partial charge in [0.2, 0.25) is 0 Å². The molecule has 1 fully saturated rings. The van der Waals surface area contributed by atoms with Gasteiger partial charge in [0.1, 0.15) is 11.6 Å². The quantitative estimate of drug-likeness (QED) is 0.821. The van der Waals surface area contributed by atoms with Crippen molar-refractivity contribution in [1.82, 2.24) is 0 Å². The Kier molecular flexibility index (Phi) is 4.31. The maximum atomic E-state index is 14.0. The zero-order valence-corrected chi connectivity index (χ0v) is 10.6. The lowest BCUT2D eigenvalue weighted by Gasteiger charge is -2.29. The lowest BCUT2D eigenvalue weighted by molar-refractivity contribution is -0.116. The van der Waals surface area contributed by atoms with Crippen LogP contribution in [0.3, 0.4) is 0 Å². The summed E-state index contributed by atoms with van der Waals surface area (Å²) in [4.78, 5) is 12.9. The van der Waals surface area contributed by atoms with Crippen molar-refractivity contribution in [3.63, 3.8) is 0 Å². The molecule has 0 bridgehead atoms. The number of carbonyl (C=O) groups is 1. The molecular weight excluding hydrogens is 233 g/mol. The van der Waals surface area contributed by atoms with Crippen molar-refractivity contribution in [1.29, 1.82) is 0 Å². The lowest BCUT2D eigenvalue weighted by Crippen LogP contribution is -2.36. The molecule has 0 atom stereocenters. The van der Waals surface area contributed by atoms with Gasteiger partial charge in [-0.25, -0.2) is 4.39 Å². The highest BCUT2D eigenvalue weighted by Crippen LogP contribution is 2.22. The van der Waals surface area contributed by atoms with Gasteiger partial charge in [0.05, 0.1) is 18.9 Å². The Balaban J connectivity index is 2.06. The van der Waals surface area contributed by atoms with Crippen LogP contribution in [0.2, 0.25) is 0 Å². The Bertz CT molecular complexity index is 428. The van der Waals surface area contributed by atoms with Crippen LogP contribution in [0.25, 0.3) is 0 Å². The van der Waals surface area contributed by atoms with Crippen molar-refractivity contribution in [2.45, 2.75) is 19.8 Å². The van der Waals surface area contributed by atoms with Gasteiger partial charge in [-0.1, -0.05) is 6.07 Å². The van der Waals surface area contributed by atoms with Gasteiger partial charge in [-0.05, 0) is 31.0 Å². The summed E-state index contributed by atoms with van der Waals surface area (Å²) in [6, 6.07) is 5.24. The summed E-state index contributed by atoms with van der Waals surface area (Å²) in [6.07, 6.45) is 1.08. The first kappa shape index (κ1) is 13.0. The molecular formula is C14H18FNO2. The van der Waals surface area contributed by atoms with Crippen LogP contribution < -0.4 is 4.90 Å². The summed E-state index contributed by atoms with van der Waals surface area (Å²) >= 11 is 0. The van der Waals surface area contributed by atoms with E-state index in [0.29, 0.717) is 31.7 Å². The molecule has 4 heteroatoms. The smallest absolute Gasteiger partial charge is 0.146 e. The normalized spacial score (nSPS) is 15.8. The number of anilines is 1. The number of hydrogen-bond donors (Lipinski definition) is 0. The highest BCUT2D eigenvalue weighted by Gasteiger charge is 2.15. The third kappa shape index (κ3) is 3.29. The largest absolute Gasteiger partial charge is 0.378 e. The number of halogens is 1. The number of morpholine rings is 1. The Morgan fingerprint density at radius 3 is 2.72 bits per heavy atom. The van der Waals surface area contributed by atoms with Crippen molar-refractivity contribution in [3.8, 4) is 0 Å². The number of carbonyl (C=O) groups excluding carboxylic acids is 1. The predicted molar refractivity (Wildman–Crippen MR) is 68.4 cm³/mol. The van der Waals surface area contributed by atoms with Crippen LogP contribution in [0.5, 0.6) is 0 Å². The molecule has 1 aromatic rings. The number of ketones is 1. The fourth-order valence-corrected chi connectivity index (χ4v) is 2.09. The number of aryl methyl sites for hydroxylation is 1. The van der Waals surface area contributed by atoms with E-state index in [1.54, 1.807) is 13.0 Å². The van der Waals surface area contributed by atoms with Crippen LogP contribution in [0, 0.1) is 5.82 Å². The molecule has 0 amide bonds. The maximum absolute atomic E-state index is 14.0. The van der Waals surface area contributed by atoms with Crippen LogP contribution in [0.4, 0.5) is 10.1 Å². The van der Waals surface area contributed by atoms with E-state index in [2.05, 4.69) is 0 Å². The highest BCUT2D eigenvalue weighted by molar-refractivity contribution is 5.75. The molecule has 3 nitrogen and oxygen atoms in total. The second-order valence-corrected chi connectivity index (χ2v) is 4.59. The minimum Gasteiger partial charge on any atom is -0.378 e. The molecule has 0 spiro atoms. The van der Waals surface area contributed by atoms with Gasteiger partial charge in [-0.2, -0.15) is 0 Å². The SMILES string of the molecule is CC(=O)CCc1ccc(N2CCOCC2)c(F)c1. The van der Waals surface area contributed by atoms with Crippen LogP contribution in [-0.2, 0) is 16.0 Å². The number of ether oxygens (including phenoxy) is 1. The van der Waals surface area contributed by atoms with Crippen LogP contribution in [-0.4, -0.2) is 32.1 Å². The first-order chi connectivity index (χ1) is 8.66. The monoisotopic (exact) mass is 251 g/mol. The van der Waals surface area contributed by atoms with Crippen LogP contribution in [0.15, 0.2) is 18.2 Å². The molecule has 1 aromatic carbocycles. The summed E-state index contributed by atoms with van der Waals surface area (Å²) < 4.78 is 19.2. The number of rotatable bonds is 4. The Morgan fingerprint density at radius 1 is 1.39 bits per heavy atom. The molecule has 0 aromatic heterocycles. The molecule has 0 unspecified atom stereocenters. The average molecular weight is 251 g/mol. The second-order valence-electron chi connectivity index (χ2n) is 4.59. The van der Waals surface area contributed by atoms with E-state index in [9.17, 15) is 9.18 Å². The summed E-state index contributed by atoms with van der Waals surface area (Å²) in [5.74, 6) is -0.0781. The number of nitrogens with zero attached hydrogens (tertiary/aromatic N) is 1. The van der Waals surface area contributed by atoms with Crippen LogP contribution in [0.1, 0.15) is 18.9 Å². The van der Waals surface area contributed by atoms with E-state index in [-0.39, 0.29) is 11.6 Å². The first-order valence-electron chi connectivity index (χ1n) is 6.27. The Morgan fingerprint density at radius 2 is 2.11 bits per heavy atom. The average Bonchev–Trinajstić information content (AvgIpc) is 2.37. The van der Waals surface area contributed by atoms with Crippen molar-refractivity contribution in [2.24, 2.45) is 0 Å². The van der Waals surface area contributed by atoms with Gasteiger partial charge in [0.25, 0.3) is 0 Å². The lowest BCUT2D eigenvalue weighted by atomic mass is 10.1. The van der Waals surface area contributed by atoms with E-state index in [1.165, 1.54) is 6.07 Å². The topological polar surface area (TPSA) is 29.5 Å². The van der Waals surface area contributed by atoms with E-state index in [1.807, 2.05) is 11.0 Å². The number of benzene rings is 1. The third-order valence-corrected chi connectivity index (χ3v) is 3.13. The van der Waals surface area contributed by atoms with Crippen molar-refractivity contribution >= 4 is 11.5 Å².